The second kappa shape index (κ2) is 7.42. The number of carbonyl (C=O) groups is 1. The molecule has 0 unspecified atom stereocenters. The molecule has 0 saturated carbocycles. The van der Waals surface area contributed by atoms with E-state index in [9.17, 15) is 4.79 Å². The highest BCUT2D eigenvalue weighted by Crippen LogP contribution is 2.37. The monoisotopic (exact) mass is 329 g/mol. The first-order chi connectivity index (χ1) is 11.3. The third-order valence-electron chi connectivity index (χ3n) is 3.72. The van der Waals surface area contributed by atoms with Crippen molar-refractivity contribution in [2.75, 3.05) is 37.5 Å². The molecular formula is C18H19NO3S. The van der Waals surface area contributed by atoms with Gasteiger partial charge in [-0.2, -0.15) is 0 Å². The molecule has 0 atom stereocenters. The van der Waals surface area contributed by atoms with Gasteiger partial charge in [0.25, 0.3) is 0 Å². The van der Waals surface area contributed by atoms with Gasteiger partial charge in [0.2, 0.25) is 0 Å². The number of hydrogen-bond acceptors (Lipinski definition) is 5. The van der Waals surface area contributed by atoms with Gasteiger partial charge in [-0.15, -0.1) is 11.8 Å². The van der Waals surface area contributed by atoms with Crippen LogP contribution >= 0.6 is 11.8 Å². The Labute approximate surface area is 140 Å². The number of para-hydroxylation sites is 1. The first-order valence-corrected chi connectivity index (χ1v) is 8.55. The van der Waals surface area contributed by atoms with Gasteiger partial charge < -0.3 is 14.4 Å². The fourth-order valence-electron chi connectivity index (χ4n) is 2.60. The Kier molecular flexibility index (Phi) is 5.08. The summed E-state index contributed by atoms with van der Waals surface area (Å²) in [6.07, 6.45) is 0. The summed E-state index contributed by atoms with van der Waals surface area (Å²) >= 11 is 1.71. The summed E-state index contributed by atoms with van der Waals surface area (Å²) in [5, 5.41) is 0. The molecule has 0 saturated heterocycles. The van der Waals surface area contributed by atoms with Crippen molar-refractivity contribution in [1.29, 1.82) is 0 Å². The van der Waals surface area contributed by atoms with E-state index in [4.69, 9.17) is 9.47 Å². The van der Waals surface area contributed by atoms with Crippen molar-refractivity contribution in [1.82, 2.24) is 0 Å². The molecule has 0 bridgehead atoms. The number of anilines is 1. The van der Waals surface area contributed by atoms with Crippen LogP contribution in [0.5, 0.6) is 5.75 Å². The summed E-state index contributed by atoms with van der Waals surface area (Å²) in [5.74, 6) is 1.55. The second-order valence-electron chi connectivity index (χ2n) is 5.14. The maximum atomic E-state index is 11.9. The lowest BCUT2D eigenvalue weighted by Crippen LogP contribution is -2.33. The molecule has 1 aliphatic heterocycles. The molecule has 0 aliphatic carbocycles. The van der Waals surface area contributed by atoms with Crippen molar-refractivity contribution in [3.63, 3.8) is 0 Å². The van der Waals surface area contributed by atoms with Crippen molar-refractivity contribution in [2.24, 2.45) is 0 Å². The predicted molar refractivity (Wildman–Crippen MR) is 92.7 cm³/mol. The molecule has 3 rings (SSSR count). The fourth-order valence-corrected chi connectivity index (χ4v) is 3.76. The molecule has 0 amide bonds. The number of fused-ring (bicyclic) bond motifs is 1. The summed E-state index contributed by atoms with van der Waals surface area (Å²) in [4.78, 5) is 15.2. The highest BCUT2D eigenvalue weighted by molar-refractivity contribution is 7.99. The SMILES string of the molecule is COC(=O)c1cccc2c1SCCN2CCOc1ccccc1. The van der Waals surface area contributed by atoms with Gasteiger partial charge in [-0.1, -0.05) is 24.3 Å². The van der Waals surface area contributed by atoms with E-state index < -0.39 is 0 Å². The Balaban J connectivity index is 1.70. The summed E-state index contributed by atoms with van der Waals surface area (Å²) < 4.78 is 10.7. The van der Waals surface area contributed by atoms with Crippen LogP contribution in [-0.4, -0.2) is 38.5 Å². The molecule has 0 fully saturated rings. The lowest BCUT2D eigenvalue weighted by atomic mass is 10.1. The quantitative estimate of drug-likeness (QED) is 0.786. The average molecular weight is 329 g/mol. The van der Waals surface area contributed by atoms with Crippen LogP contribution in [-0.2, 0) is 4.74 Å². The number of ether oxygens (including phenoxy) is 2. The second-order valence-corrected chi connectivity index (χ2v) is 6.25. The minimum atomic E-state index is -0.281. The Hall–Kier alpha value is -2.14. The molecule has 4 nitrogen and oxygen atoms in total. The Morgan fingerprint density at radius 3 is 2.78 bits per heavy atom. The standard InChI is InChI=1S/C18H19NO3S/c1-21-18(20)15-8-5-9-16-17(15)23-13-11-19(16)10-12-22-14-6-3-2-4-7-14/h2-9H,10-13H2,1H3. The molecule has 5 heteroatoms. The highest BCUT2D eigenvalue weighted by atomic mass is 32.2. The molecule has 0 spiro atoms. The molecule has 23 heavy (non-hydrogen) atoms. The first-order valence-electron chi connectivity index (χ1n) is 7.56. The van der Waals surface area contributed by atoms with E-state index in [0.717, 1.165) is 35.2 Å². The van der Waals surface area contributed by atoms with Crippen LogP contribution in [0.4, 0.5) is 5.69 Å². The number of nitrogens with zero attached hydrogens (tertiary/aromatic N) is 1. The van der Waals surface area contributed by atoms with E-state index >= 15 is 0 Å². The molecule has 120 valence electrons. The predicted octanol–water partition coefficient (Wildman–Crippen LogP) is 3.46. The van der Waals surface area contributed by atoms with Gasteiger partial charge >= 0.3 is 5.97 Å². The summed E-state index contributed by atoms with van der Waals surface area (Å²) in [6, 6.07) is 15.6. The minimum absolute atomic E-state index is 0.281. The van der Waals surface area contributed by atoms with Gasteiger partial charge in [0.1, 0.15) is 12.4 Å². The zero-order valence-electron chi connectivity index (χ0n) is 13.0. The Morgan fingerprint density at radius 1 is 1.17 bits per heavy atom. The van der Waals surface area contributed by atoms with E-state index in [-0.39, 0.29) is 5.97 Å². The van der Waals surface area contributed by atoms with Gasteiger partial charge in [-0.3, -0.25) is 0 Å². The maximum absolute atomic E-state index is 11.9. The number of hydrogen-bond donors (Lipinski definition) is 0. The lowest BCUT2D eigenvalue weighted by molar-refractivity contribution is 0.0597. The molecule has 2 aromatic carbocycles. The van der Waals surface area contributed by atoms with Crippen LogP contribution in [0.2, 0.25) is 0 Å². The van der Waals surface area contributed by atoms with Gasteiger partial charge in [-0.25, -0.2) is 4.79 Å². The van der Waals surface area contributed by atoms with E-state index in [2.05, 4.69) is 11.0 Å². The van der Waals surface area contributed by atoms with Crippen LogP contribution in [0.25, 0.3) is 0 Å². The molecule has 1 heterocycles. The first kappa shape index (κ1) is 15.7. The Bertz CT molecular complexity index is 675. The maximum Gasteiger partial charge on any atom is 0.339 e. The van der Waals surface area contributed by atoms with Crippen LogP contribution < -0.4 is 9.64 Å². The average Bonchev–Trinajstić information content (AvgIpc) is 2.61. The molecule has 2 aromatic rings. The van der Waals surface area contributed by atoms with Crippen LogP contribution in [0, 0.1) is 0 Å². The molecule has 0 aromatic heterocycles. The van der Waals surface area contributed by atoms with Crippen LogP contribution in [0.15, 0.2) is 53.4 Å². The number of rotatable bonds is 5. The topological polar surface area (TPSA) is 38.8 Å². The van der Waals surface area contributed by atoms with Gasteiger partial charge in [0, 0.05) is 17.2 Å². The molecule has 0 radical (unpaired) electrons. The minimum Gasteiger partial charge on any atom is -0.492 e. The molecule has 1 aliphatic rings. The van der Waals surface area contributed by atoms with Crippen LogP contribution in [0.1, 0.15) is 10.4 Å². The smallest absolute Gasteiger partial charge is 0.339 e. The molecule has 0 N–H and O–H groups in total. The zero-order valence-corrected chi connectivity index (χ0v) is 13.8. The highest BCUT2D eigenvalue weighted by Gasteiger charge is 2.23. The number of methoxy groups -OCH3 is 1. The van der Waals surface area contributed by atoms with Crippen molar-refractivity contribution in [3.05, 3.63) is 54.1 Å². The summed E-state index contributed by atoms with van der Waals surface area (Å²) in [6.45, 7) is 2.34. The summed E-state index contributed by atoms with van der Waals surface area (Å²) in [5.41, 5.74) is 1.73. The van der Waals surface area contributed by atoms with Crippen molar-refractivity contribution >= 4 is 23.4 Å². The van der Waals surface area contributed by atoms with Crippen molar-refractivity contribution < 1.29 is 14.3 Å². The van der Waals surface area contributed by atoms with E-state index in [1.807, 2.05) is 42.5 Å². The fraction of sp³-hybridized carbons (Fsp3) is 0.278. The van der Waals surface area contributed by atoms with E-state index in [0.29, 0.717) is 12.2 Å². The van der Waals surface area contributed by atoms with E-state index in [1.165, 1.54) is 7.11 Å². The summed E-state index contributed by atoms with van der Waals surface area (Å²) in [7, 11) is 1.42. The zero-order chi connectivity index (χ0) is 16.1. The normalized spacial score (nSPS) is 13.3. The van der Waals surface area contributed by atoms with Crippen molar-refractivity contribution in [3.8, 4) is 5.75 Å². The Morgan fingerprint density at radius 2 is 2.00 bits per heavy atom. The van der Waals surface area contributed by atoms with Gasteiger partial charge in [0.05, 0.1) is 24.9 Å². The van der Waals surface area contributed by atoms with Gasteiger partial charge in [-0.05, 0) is 24.3 Å². The van der Waals surface area contributed by atoms with Gasteiger partial charge in [0.15, 0.2) is 0 Å². The number of esters is 1. The molecular weight excluding hydrogens is 310 g/mol. The van der Waals surface area contributed by atoms with E-state index in [1.54, 1.807) is 11.8 Å². The third kappa shape index (κ3) is 3.62. The number of thioether (sulfide) groups is 1. The number of benzene rings is 2. The van der Waals surface area contributed by atoms with Crippen molar-refractivity contribution in [2.45, 2.75) is 4.90 Å². The third-order valence-corrected chi connectivity index (χ3v) is 4.83. The lowest BCUT2D eigenvalue weighted by Gasteiger charge is -2.31. The van der Waals surface area contributed by atoms with Crippen LogP contribution in [0.3, 0.4) is 0 Å². The number of carbonyl (C=O) groups excluding carboxylic acids is 1. The largest absolute Gasteiger partial charge is 0.492 e.